The number of rotatable bonds is 26. The van der Waals surface area contributed by atoms with Crippen LogP contribution in [0.25, 0.3) is 0 Å². The van der Waals surface area contributed by atoms with Gasteiger partial charge in [0, 0.05) is 43.5 Å². The van der Waals surface area contributed by atoms with E-state index in [1.807, 2.05) is 49.4 Å². The second-order valence-electron chi connectivity index (χ2n) is 17.0. The van der Waals surface area contributed by atoms with Gasteiger partial charge < -0.3 is 36.1 Å². The summed E-state index contributed by atoms with van der Waals surface area (Å²) in [6.45, 7) is 6.75. The number of likely N-dealkylation sites (tertiary alicyclic amines) is 1. The zero-order valence-corrected chi connectivity index (χ0v) is 37.9. The molecule has 1 saturated heterocycles. The van der Waals surface area contributed by atoms with Crippen LogP contribution in [0.5, 0.6) is 0 Å². The molecule has 2 heterocycles. The molecule has 0 radical (unpaired) electrons. The van der Waals surface area contributed by atoms with Crippen molar-refractivity contribution in [1.82, 2.24) is 41.2 Å². The third-order valence-electron chi connectivity index (χ3n) is 11.6. The Morgan fingerprint density at radius 2 is 1.57 bits per heavy atom. The number of imide groups is 1. The summed E-state index contributed by atoms with van der Waals surface area (Å²) >= 11 is 0. The number of nitrogens with zero attached hydrogens (tertiary/aromatic N) is 4. The lowest BCUT2D eigenvalue weighted by Gasteiger charge is -2.30. The molecule has 1 aliphatic heterocycles. The molecule has 1 aromatic heterocycles. The van der Waals surface area contributed by atoms with E-state index in [1.165, 1.54) is 4.90 Å². The van der Waals surface area contributed by atoms with Crippen LogP contribution >= 0.6 is 0 Å². The van der Waals surface area contributed by atoms with Crippen LogP contribution in [0.1, 0.15) is 88.5 Å². The van der Waals surface area contributed by atoms with Crippen molar-refractivity contribution in [3.05, 3.63) is 77.6 Å². The third kappa shape index (κ3) is 16.8. The van der Waals surface area contributed by atoms with Crippen LogP contribution in [0.15, 0.2) is 60.8 Å². The van der Waals surface area contributed by atoms with Crippen LogP contribution < -0.4 is 26.6 Å². The Kier molecular flexibility index (Phi) is 20.1. The summed E-state index contributed by atoms with van der Waals surface area (Å²) in [4.78, 5) is 91.1. The van der Waals surface area contributed by atoms with E-state index in [9.17, 15) is 33.6 Å². The van der Waals surface area contributed by atoms with Crippen molar-refractivity contribution in [2.75, 3.05) is 44.8 Å². The van der Waals surface area contributed by atoms with Gasteiger partial charge in [0.25, 0.3) is 0 Å². The first-order chi connectivity index (χ1) is 31.4. The Morgan fingerprint density at radius 3 is 2.28 bits per heavy atom. The van der Waals surface area contributed by atoms with Gasteiger partial charge in [-0.25, -0.2) is 4.68 Å². The second kappa shape index (κ2) is 26.1. The number of benzene rings is 2. The number of aromatic nitrogens is 3. The standard InChI is InChI=1S/C47H65N9O9/c1-4-5-7-12-39(45(61)50-37-19-13-32(2)14-20-37)52-46(62)40(26-34-10-8-6-9-11-34)51-42(58)31-65-30-41(57)48-21-23-64-24-22-55-29-38(53-54-55)27-49-44(60)36-17-15-35(16-18-36)28-56-43(59)25-33(3)47(56)63/h6,8-11,13-14,19-20,29,33,35-36,39-40H,4-5,7,12,15-18,21-28,30-31H2,1-3H3,(H,48,57)(H,49,60)(H,50,61)(H,51,58)(H,52,62). The summed E-state index contributed by atoms with van der Waals surface area (Å²) in [5.41, 5.74) is 3.09. The summed E-state index contributed by atoms with van der Waals surface area (Å²) in [6.07, 6.45) is 8.16. The summed E-state index contributed by atoms with van der Waals surface area (Å²) in [6, 6.07) is 14.8. The maximum absolute atomic E-state index is 13.7. The molecule has 2 aliphatic rings. The van der Waals surface area contributed by atoms with E-state index >= 15 is 0 Å². The average molecular weight is 900 g/mol. The summed E-state index contributed by atoms with van der Waals surface area (Å²) in [7, 11) is 0. The predicted octanol–water partition coefficient (Wildman–Crippen LogP) is 2.98. The van der Waals surface area contributed by atoms with Gasteiger partial charge in [0.15, 0.2) is 0 Å². The van der Waals surface area contributed by atoms with Gasteiger partial charge in [-0.15, -0.1) is 5.10 Å². The van der Waals surface area contributed by atoms with Crippen molar-refractivity contribution >= 4 is 47.0 Å². The quantitative estimate of drug-likeness (QED) is 0.0581. The van der Waals surface area contributed by atoms with Crippen molar-refractivity contribution in [3.8, 4) is 0 Å². The molecule has 2 fully saturated rings. The monoisotopic (exact) mass is 899 g/mol. The molecule has 65 heavy (non-hydrogen) atoms. The maximum atomic E-state index is 13.7. The lowest BCUT2D eigenvalue weighted by Crippen LogP contribution is -2.54. The third-order valence-corrected chi connectivity index (χ3v) is 11.6. The van der Waals surface area contributed by atoms with Gasteiger partial charge in [-0.3, -0.25) is 38.5 Å². The van der Waals surface area contributed by atoms with Crippen LogP contribution in [-0.4, -0.2) is 113 Å². The van der Waals surface area contributed by atoms with Gasteiger partial charge in [0.05, 0.1) is 32.5 Å². The van der Waals surface area contributed by atoms with E-state index in [1.54, 1.807) is 29.9 Å². The fraction of sp³-hybridized carbons (Fsp3) is 0.553. The molecule has 2 aromatic carbocycles. The van der Waals surface area contributed by atoms with Crippen LogP contribution in [0.3, 0.4) is 0 Å². The minimum Gasteiger partial charge on any atom is -0.378 e. The van der Waals surface area contributed by atoms with E-state index in [0.717, 1.165) is 43.2 Å². The lowest BCUT2D eigenvalue weighted by molar-refractivity contribution is -0.140. The molecule has 3 unspecified atom stereocenters. The smallest absolute Gasteiger partial charge is 0.246 e. The number of carbonyl (C=O) groups is 7. The van der Waals surface area contributed by atoms with E-state index in [4.69, 9.17) is 9.47 Å². The first-order valence-corrected chi connectivity index (χ1v) is 22.8. The van der Waals surface area contributed by atoms with E-state index in [0.29, 0.717) is 50.3 Å². The van der Waals surface area contributed by atoms with Gasteiger partial charge >= 0.3 is 0 Å². The normalized spacial score (nSPS) is 18.1. The maximum Gasteiger partial charge on any atom is 0.246 e. The van der Waals surface area contributed by atoms with Gasteiger partial charge in [-0.2, -0.15) is 0 Å². The number of hydrogen-bond acceptors (Lipinski definition) is 11. The minimum atomic E-state index is -1.01. The number of hydrogen-bond donors (Lipinski definition) is 5. The Hall–Kier alpha value is -6.01. The molecule has 1 saturated carbocycles. The molecule has 3 atom stereocenters. The molecule has 0 bridgehead atoms. The van der Waals surface area contributed by atoms with Gasteiger partial charge in [0.1, 0.15) is 31.0 Å². The second-order valence-corrected chi connectivity index (χ2v) is 17.0. The van der Waals surface area contributed by atoms with Crippen LogP contribution in [0.2, 0.25) is 0 Å². The zero-order chi connectivity index (χ0) is 46.6. The van der Waals surface area contributed by atoms with Crippen LogP contribution in [0.4, 0.5) is 5.69 Å². The van der Waals surface area contributed by atoms with Crippen LogP contribution in [0, 0.1) is 24.7 Å². The van der Waals surface area contributed by atoms with Crippen LogP contribution in [-0.2, 0) is 62.5 Å². The molecular weight excluding hydrogens is 835 g/mol. The van der Waals surface area contributed by atoms with Gasteiger partial charge in [-0.05, 0) is 62.6 Å². The molecule has 18 nitrogen and oxygen atoms in total. The Morgan fingerprint density at radius 1 is 0.831 bits per heavy atom. The Bertz CT molecular complexity index is 2040. The fourth-order valence-corrected chi connectivity index (χ4v) is 7.87. The molecule has 7 amide bonds. The minimum absolute atomic E-state index is 0.0457. The molecule has 5 rings (SSSR count). The average Bonchev–Trinajstić information content (AvgIpc) is 3.85. The fourth-order valence-electron chi connectivity index (χ4n) is 7.87. The highest BCUT2D eigenvalue weighted by molar-refractivity contribution is 6.03. The van der Waals surface area contributed by atoms with Crippen molar-refractivity contribution < 1.29 is 43.0 Å². The van der Waals surface area contributed by atoms with Gasteiger partial charge in [0.2, 0.25) is 41.4 Å². The molecule has 352 valence electrons. The topological polar surface area (TPSA) is 232 Å². The summed E-state index contributed by atoms with van der Waals surface area (Å²) < 4.78 is 12.6. The number of aryl methyl sites for hydroxylation is 1. The highest BCUT2D eigenvalue weighted by Crippen LogP contribution is 2.31. The van der Waals surface area contributed by atoms with E-state index < -0.39 is 36.4 Å². The first-order valence-electron chi connectivity index (χ1n) is 22.8. The number of nitrogens with one attached hydrogen (secondary N) is 5. The number of amides is 7. The molecule has 1 aliphatic carbocycles. The van der Waals surface area contributed by atoms with Crippen molar-refractivity contribution in [1.29, 1.82) is 0 Å². The Labute approximate surface area is 380 Å². The first kappa shape index (κ1) is 50.0. The molecule has 5 N–H and O–H groups in total. The molecule has 0 spiro atoms. The highest BCUT2D eigenvalue weighted by Gasteiger charge is 2.38. The Balaban J connectivity index is 0.950. The number of unbranched alkanes of at least 4 members (excludes halogenated alkanes) is 2. The predicted molar refractivity (Wildman–Crippen MR) is 240 cm³/mol. The number of ether oxygens (including phenoxy) is 2. The highest BCUT2D eigenvalue weighted by atomic mass is 16.5. The largest absolute Gasteiger partial charge is 0.378 e. The van der Waals surface area contributed by atoms with E-state index in [2.05, 4.69) is 43.8 Å². The number of carbonyl (C=O) groups excluding carboxylic acids is 7. The van der Waals surface area contributed by atoms with Crippen molar-refractivity contribution in [2.45, 2.75) is 110 Å². The van der Waals surface area contributed by atoms with E-state index in [-0.39, 0.29) is 80.5 Å². The summed E-state index contributed by atoms with van der Waals surface area (Å²) in [5, 5.41) is 22.3. The van der Waals surface area contributed by atoms with Gasteiger partial charge in [-0.1, -0.05) is 86.4 Å². The number of anilines is 1. The zero-order valence-electron chi connectivity index (χ0n) is 37.9. The SMILES string of the molecule is CCCCCC(NC(=O)C(Cc1ccccc1)NC(=O)COCC(=O)NCCOCCn1cc(CNC(=O)C2CCC(CN3C(=O)CC(C)C3=O)CC2)nn1)C(=O)Nc1ccc(C)cc1. The lowest BCUT2D eigenvalue weighted by atomic mass is 9.81. The molecular formula is C47H65N9O9. The summed E-state index contributed by atoms with van der Waals surface area (Å²) in [5.74, 6) is -2.29. The molecule has 18 heteroatoms. The van der Waals surface area contributed by atoms with Crippen molar-refractivity contribution in [3.63, 3.8) is 0 Å². The van der Waals surface area contributed by atoms with Crippen molar-refractivity contribution in [2.24, 2.45) is 17.8 Å². The molecule has 3 aromatic rings.